The normalized spacial score (nSPS) is 9.83. The quantitative estimate of drug-likeness (QED) is 0.874. The molecule has 18 heavy (non-hydrogen) atoms. The summed E-state index contributed by atoms with van der Waals surface area (Å²) in [6.07, 6.45) is 0. The van der Waals surface area contributed by atoms with Crippen LogP contribution in [0.25, 0.3) is 11.1 Å². The molecule has 1 aromatic carbocycles. The van der Waals surface area contributed by atoms with Gasteiger partial charge in [0.1, 0.15) is 23.2 Å². The van der Waals surface area contributed by atoms with E-state index < -0.39 is 0 Å². The maximum absolute atomic E-state index is 9.16. The Labute approximate surface area is 106 Å². The van der Waals surface area contributed by atoms with E-state index in [0.29, 0.717) is 5.56 Å². The lowest BCUT2D eigenvalue weighted by Gasteiger charge is -2.08. The minimum atomic E-state index is 0.267. The monoisotopic (exact) mass is 239 g/mol. The highest BCUT2D eigenvalue weighted by atomic mass is 16.5. The van der Waals surface area contributed by atoms with E-state index >= 15 is 0 Å². The van der Waals surface area contributed by atoms with Crippen LogP contribution >= 0.6 is 0 Å². The zero-order valence-corrected chi connectivity index (χ0v) is 10.3. The molecule has 0 atom stereocenters. The first-order valence-corrected chi connectivity index (χ1v) is 5.47. The summed E-state index contributed by atoms with van der Waals surface area (Å²) >= 11 is 0. The van der Waals surface area contributed by atoms with E-state index in [9.17, 15) is 0 Å². The third kappa shape index (κ3) is 2.11. The number of nitrogens with zero attached hydrogens (tertiary/aromatic N) is 2. The number of rotatable bonds is 2. The topological polar surface area (TPSA) is 71.9 Å². The summed E-state index contributed by atoms with van der Waals surface area (Å²) in [5.74, 6) is 1.04. The predicted octanol–water partition coefficient (Wildman–Crippen LogP) is 2.52. The molecule has 1 heterocycles. The van der Waals surface area contributed by atoms with Crippen LogP contribution in [-0.4, -0.2) is 12.1 Å². The van der Waals surface area contributed by atoms with Crippen molar-refractivity contribution in [2.45, 2.75) is 6.92 Å². The van der Waals surface area contributed by atoms with E-state index in [-0.39, 0.29) is 5.82 Å². The molecule has 0 aliphatic heterocycles. The van der Waals surface area contributed by atoms with Crippen LogP contribution in [0.2, 0.25) is 0 Å². The van der Waals surface area contributed by atoms with Crippen molar-refractivity contribution < 1.29 is 4.74 Å². The van der Waals surface area contributed by atoms with Gasteiger partial charge in [0, 0.05) is 11.3 Å². The molecular weight excluding hydrogens is 226 g/mol. The number of benzene rings is 1. The van der Waals surface area contributed by atoms with Gasteiger partial charge in [0.05, 0.1) is 7.11 Å². The molecule has 2 rings (SSSR count). The van der Waals surface area contributed by atoms with Gasteiger partial charge in [-0.15, -0.1) is 0 Å². The Bertz CT molecular complexity index is 612. The zero-order chi connectivity index (χ0) is 13.1. The number of pyridine rings is 1. The summed E-state index contributed by atoms with van der Waals surface area (Å²) in [4.78, 5) is 4.09. The second-order valence-corrected chi connectivity index (χ2v) is 3.91. The van der Waals surface area contributed by atoms with Gasteiger partial charge in [-0.3, -0.25) is 0 Å². The zero-order valence-electron chi connectivity index (χ0n) is 10.3. The van der Waals surface area contributed by atoms with Gasteiger partial charge in [0.15, 0.2) is 0 Å². The maximum atomic E-state index is 9.16. The number of hydrogen-bond acceptors (Lipinski definition) is 4. The van der Waals surface area contributed by atoms with E-state index in [4.69, 9.17) is 15.7 Å². The highest BCUT2D eigenvalue weighted by Crippen LogP contribution is 2.28. The van der Waals surface area contributed by atoms with Crippen LogP contribution in [0.4, 0.5) is 5.82 Å². The lowest BCUT2D eigenvalue weighted by atomic mass is 10.0. The van der Waals surface area contributed by atoms with Gasteiger partial charge in [-0.25, -0.2) is 4.98 Å². The van der Waals surface area contributed by atoms with Crippen molar-refractivity contribution >= 4 is 5.82 Å². The van der Waals surface area contributed by atoms with Gasteiger partial charge < -0.3 is 10.5 Å². The summed E-state index contributed by atoms with van der Waals surface area (Å²) in [5.41, 5.74) is 8.68. The fourth-order valence-corrected chi connectivity index (χ4v) is 1.81. The van der Waals surface area contributed by atoms with E-state index in [1.807, 2.05) is 37.3 Å². The molecule has 0 bridgehead atoms. The Morgan fingerprint density at radius 1 is 1.28 bits per heavy atom. The van der Waals surface area contributed by atoms with E-state index in [2.05, 4.69) is 11.1 Å². The van der Waals surface area contributed by atoms with Crippen LogP contribution in [0.3, 0.4) is 0 Å². The molecule has 0 radical (unpaired) electrons. The van der Waals surface area contributed by atoms with Crippen LogP contribution in [-0.2, 0) is 0 Å². The van der Waals surface area contributed by atoms with Gasteiger partial charge in [-0.1, -0.05) is 12.1 Å². The first kappa shape index (κ1) is 11.9. The maximum Gasteiger partial charge on any atom is 0.142 e. The summed E-state index contributed by atoms with van der Waals surface area (Å²) in [5, 5.41) is 9.16. The fraction of sp³-hybridized carbons (Fsp3) is 0.143. The number of aromatic nitrogens is 1. The fourth-order valence-electron chi connectivity index (χ4n) is 1.81. The number of nitrogen functional groups attached to an aromatic ring is 1. The van der Waals surface area contributed by atoms with E-state index in [0.717, 1.165) is 22.6 Å². The Kier molecular flexibility index (Phi) is 3.16. The first-order chi connectivity index (χ1) is 8.65. The smallest absolute Gasteiger partial charge is 0.142 e. The second-order valence-electron chi connectivity index (χ2n) is 3.91. The standard InChI is InChI=1S/C14H13N3O/c1-9-7-12(13(8-15)14(16)17-9)10-3-5-11(18-2)6-4-10/h3-7H,1-2H3,(H2,16,17). The average Bonchev–Trinajstić information content (AvgIpc) is 2.38. The van der Waals surface area contributed by atoms with Crippen LogP contribution in [0.1, 0.15) is 11.3 Å². The number of ether oxygens (including phenoxy) is 1. The molecule has 90 valence electrons. The molecule has 0 fully saturated rings. The number of hydrogen-bond donors (Lipinski definition) is 1. The highest BCUT2D eigenvalue weighted by Gasteiger charge is 2.10. The summed E-state index contributed by atoms with van der Waals surface area (Å²) in [6, 6.07) is 11.4. The van der Waals surface area contributed by atoms with Crippen molar-refractivity contribution in [3.05, 3.63) is 41.6 Å². The summed E-state index contributed by atoms with van der Waals surface area (Å²) < 4.78 is 5.11. The van der Waals surface area contributed by atoms with Crippen molar-refractivity contribution in [1.82, 2.24) is 4.98 Å². The van der Waals surface area contributed by atoms with Crippen LogP contribution in [0.15, 0.2) is 30.3 Å². The summed E-state index contributed by atoms with van der Waals surface area (Å²) in [6.45, 7) is 1.85. The molecular formula is C14H13N3O. The Morgan fingerprint density at radius 2 is 1.94 bits per heavy atom. The minimum Gasteiger partial charge on any atom is -0.497 e. The molecule has 0 spiro atoms. The number of nitriles is 1. The SMILES string of the molecule is COc1ccc(-c2cc(C)nc(N)c2C#N)cc1. The Morgan fingerprint density at radius 3 is 2.50 bits per heavy atom. The molecule has 2 aromatic rings. The molecule has 0 saturated heterocycles. The lowest BCUT2D eigenvalue weighted by molar-refractivity contribution is 0.415. The van der Waals surface area contributed by atoms with Gasteiger partial charge in [-0.05, 0) is 30.7 Å². The third-order valence-corrected chi connectivity index (χ3v) is 2.69. The number of anilines is 1. The van der Waals surface area contributed by atoms with Crippen molar-refractivity contribution in [2.75, 3.05) is 12.8 Å². The Hall–Kier alpha value is -2.54. The molecule has 0 aliphatic rings. The summed E-state index contributed by atoms with van der Waals surface area (Å²) in [7, 11) is 1.62. The van der Waals surface area contributed by atoms with Gasteiger partial charge in [0.2, 0.25) is 0 Å². The van der Waals surface area contributed by atoms with Gasteiger partial charge in [-0.2, -0.15) is 5.26 Å². The van der Waals surface area contributed by atoms with Crippen LogP contribution < -0.4 is 10.5 Å². The molecule has 4 nitrogen and oxygen atoms in total. The van der Waals surface area contributed by atoms with E-state index in [1.165, 1.54) is 0 Å². The highest BCUT2D eigenvalue weighted by molar-refractivity contribution is 5.75. The molecule has 2 N–H and O–H groups in total. The van der Waals surface area contributed by atoms with Crippen molar-refractivity contribution in [1.29, 1.82) is 5.26 Å². The molecule has 0 aliphatic carbocycles. The molecule has 1 aromatic heterocycles. The third-order valence-electron chi connectivity index (χ3n) is 2.69. The molecule has 4 heteroatoms. The largest absolute Gasteiger partial charge is 0.497 e. The molecule has 0 saturated carbocycles. The van der Waals surface area contributed by atoms with Crippen LogP contribution in [0, 0.1) is 18.3 Å². The average molecular weight is 239 g/mol. The molecule has 0 amide bonds. The van der Waals surface area contributed by atoms with Crippen molar-refractivity contribution in [3.8, 4) is 22.9 Å². The number of nitrogens with two attached hydrogens (primary N) is 1. The number of aryl methyl sites for hydroxylation is 1. The van der Waals surface area contributed by atoms with Gasteiger partial charge >= 0.3 is 0 Å². The Balaban J connectivity index is 2.59. The van der Waals surface area contributed by atoms with Crippen molar-refractivity contribution in [3.63, 3.8) is 0 Å². The van der Waals surface area contributed by atoms with Crippen molar-refractivity contribution in [2.24, 2.45) is 0 Å². The minimum absolute atomic E-state index is 0.267. The second kappa shape index (κ2) is 4.76. The van der Waals surface area contributed by atoms with Crippen LogP contribution in [0.5, 0.6) is 5.75 Å². The predicted molar refractivity (Wildman–Crippen MR) is 70.1 cm³/mol. The molecule has 0 unspecified atom stereocenters. The lowest BCUT2D eigenvalue weighted by Crippen LogP contribution is -1.99. The van der Waals surface area contributed by atoms with Gasteiger partial charge in [0.25, 0.3) is 0 Å². The first-order valence-electron chi connectivity index (χ1n) is 5.47. The number of methoxy groups -OCH3 is 1. The van der Waals surface area contributed by atoms with E-state index in [1.54, 1.807) is 7.11 Å².